The molecule has 2 atom stereocenters. The van der Waals surface area contributed by atoms with E-state index in [-0.39, 0.29) is 42.7 Å². The first-order valence-electron chi connectivity index (χ1n) is 7.19. The Balaban J connectivity index is 2.67. The first-order valence-corrected chi connectivity index (χ1v) is 7.19. The minimum absolute atomic E-state index is 0.0299. The third-order valence-electron chi connectivity index (χ3n) is 3.55. The standard InChI is InChI=1S/C14H25N3O4/c1-9(2)14(20)16-11-4-10(5-13(19)21-3)6-17(7-11)8-12(15)18/h9-11H,4-8H2,1-3H3,(H2,15,18)(H,16,20). The SMILES string of the molecule is COC(=O)CC1CC(NC(=O)C(C)C)CN(CC(N)=O)C1. The number of nitrogens with zero attached hydrogens (tertiary/aromatic N) is 1. The van der Waals surface area contributed by atoms with Crippen LogP contribution in [-0.4, -0.2) is 55.5 Å². The van der Waals surface area contributed by atoms with Crippen LogP contribution in [0.15, 0.2) is 0 Å². The van der Waals surface area contributed by atoms with Gasteiger partial charge in [0.1, 0.15) is 0 Å². The lowest BCUT2D eigenvalue weighted by Crippen LogP contribution is -2.53. The fourth-order valence-corrected chi connectivity index (χ4v) is 2.59. The lowest BCUT2D eigenvalue weighted by molar-refractivity contribution is -0.142. The van der Waals surface area contributed by atoms with Crippen molar-refractivity contribution in [1.29, 1.82) is 0 Å². The third-order valence-corrected chi connectivity index (χ3v) is 3.55. The summed E-state index contributed by atoms with van der Waals surface area (Å²) in [4.78, 5) is 36.2. The number of likely N-dealkylation sites (tertiary alicyclic amines) is 1. The van der Waals surface area contributed by atoms with Crippen LogP contribution >= 0.6 is 0 Å². The number of piperidine rings is 1. The third kappa shape index (κ3) is 6.12. The van der Waals surface area contributed by atoms with E-state index in [0.29, 0.717) is 19.5 Å². The van der Waals surface area contributed by atoms with Gasteiger partial charge in [0.25, 0.3) is 0 Å². The predicted octanol–water partition coefficient (Wildman–Crippen LogP) is -0.502. The van der Waals surface area contributed by atoms with Gasteiger partial charge in [0.15, 0.2) is 0 Å². The second kappa shape index (κ2) is 7.97. The summed E-state index contributed by atoms with van der Waals surface area (Å²) in [6, 6.07) is -0.0809. The van der Waals surface area contributed by atoms with Crippen LogP contribution in [-0.2, 0) is 19.1 Å². The molecule has 2 amide bonds. The molecule has 0 spiro atoms. The van der Waals surface area contributed by atoms with Gasteiger partial charge in [0.2, 0.25) is 11.8 Å². The van der Waals surface area contributed by atoms with Gasteiger partial charge in [-0.05, 0) is 12.3 Å². The number of nitrogens with two attached hydrogens (primary N) is 1. The number of hydrogen-bond donors (Lipinski definition) is 2. The van der Waals surface area contributed by atoms with Crippen LogP contribution in [0.3, 0.4) is 0 Å². The summed E-state index contributed by atoms with van der Waals surface area (Å²) in [5, 5.41) is 2.96. The van der Waals surface area contributed by atoms with Crippen molar-refractivity contribution in [3.8, 4) is 0 Å². The van der Waals surface area contributed by atoms with Gasteiger partial charge < -0.3 is 15.8 Å². The van der Waals surface area contributed by atoms with Crippen LogP contribution in [0, 0.1) is 11.8 Å². The summed E-state index contributed by atoms with van der Waals surface area (Å²) in [5.74, 6) is -0.783. The number of carbonyl (C=O) groups excluding carboxylic acids is 3. The van der Waals surface area contributed by atoms with E-state index in [1.165, 1.54) is 7.11 Å². The number of amides is 2. The zero-order valence-electron chi connectivity index (χ0n) is 12.9. The molecule has 2 unspecified atom stereocenters. The zero-order valence-corrected chi connectivity index (χ0v) is 12.9. The number of rotatable bonds is 6. The fraction of sp³-hybridized carbons (Fsp3) is 0.786. The molecule has 7 heteroatoms. The second-order valence-electron chi connectivity index (χ2n) is 5.90. The molecule has 21 heavy (non-hydrogen) atoms. The Hall–Kier alpha value is -1.63. The maximum absolute atomic E-state index is 11.8. The summed E-state index contributed by atoms with van der Waals surface area (Å²) in [6.07, 6.45) is 0.975. The van der Waals surface area contributed by atoms with E-state index >= 15 is 0 Å². The van der Waals surface area contributed by atoms with Crippen molar-refractivity contribution in [3.05, 3.63) is 0 Å². The van der Waals surface area contributed by atoms with E-state index in [4.69, 9.17) is 5.73 Å². The van der Waals surface area contributed by atoms with Crippen molar-refractivity contribution < 1.29 is 19.1 Å². The van der Waals surface area contributed by atoms with Gasteiger partial charge in [-0.25, -0.2) is 0 Å². The molecule has 0 aromatic rings. The normalized spacial score (nSPS) is 22.9. The molecular formula is C14H25N3O4. The highest BCUT2D eigenvalue weighted by Gasteiger charge is 2.30. The van der Waals surface area contributed by atoms with Crippen LogP contribution in [0.4, 0.5) is 0 Å². The summed E-state index contributed by atoms with van der Waals surface area (Å²) >= 11 is 0. The monoisotopic (exact) mass is 299 g/mol. The van der Waals surface area contributed by atoms with Gasteiger partial charge in [-0.3, -0.25) is 19.3 Å². The molecule has 0 bridgehead atoms. The van der Waals surface area contributed by atoms with Gasteiger partial charge in [0.05, 0.1) is 13.7 Å². The molecule has 7 nitrogen and oxygen atoms in total. The highest BCUT2D eigenvalue weighted by atomic mass is 16.5. The number of ether oxygens (including phenoxy) is 1. The first-order chi connectivity index (χ1) is 9.81. The smallest absolute Gasteiger partial charge is 0.305 e. The quantitative estimate of drug-likeness (QED) is 0.644. The Labute approximate surface area is 125 Å². The van der Waals surface area contributed by atoms with E-state index in [9.17, 15) is 14.4 Å². The minimum atomic E-state index is -0.414. The minimum Gasteiger partial charge on any atom is -0.469 e. The molecule has 3 N–H and O–H groups in total. The molecule has 0 radical (unpaired) electrons. The number of methoxy groups -OCH3 is 1. The van der Waals surface area contributed by atoms with Gasteiger partial charge in [-0.1, -0.05) is 13.8 Å². The predicted molar refractivity (Wildman–Crippen MR) is 77.1 cm³/mol. The molecule has 1 aliphatic heterocycles. The molecule has 1 saturated heterocycles. The highest BCUT2D eigenvalue weighted by Crippen LogP contribution is 2.20. The zero-order chi connectivity index (χ0) is 16.0. The number of esters is 1. The number of carbonyl (C=O) groups is 3. The van der Waals surface area contributed by atoms with Crippen LogP contribution in [0.25, 0.3) is 0 Å². The Morgan fingerprint density at radius 3 is 2.52 bits per heavy atom. The van der Waals surface area contributed by atoms with Gasteiger partial charge in [0, 0.05) is 31.5 Å². The molecule has 0 aromatic heterocycles. The lowest BCUT2D eigenvalue weighted by Gasteiger charge is -2.37. The molecule has 1 aliphatic rings. The van der Waals surface area contributed by atoms with Gasteiger partial charge in [-0.2, -0.15) is 0 Å². The van der Waals surface area contributed by atoms with E-state index < -0.39 is 5.91 Å². The lowest BCUT2D eigenvalue weighted by atomic mass is 9.91. The van der Waals surface area contributed by atoms with E-state index in [1.807, 2.05) is 18.7 Å². The van der Waals surface area contributed by atoms with Crippen LogP contribution < -0.4 is 11.1 Å². The number of nitrogens with one attached hydrogen (secondary N) is 1. The number of primary amides is 1. The maximum Gasteiger partial charge on any atom is 0.305 e. The summed E-state index contributed by atoms with van der Waals surface area (Å²) < 4.78 is 4.69. The molecule has 0 aliphatic carbocycles. The Morgan fingerprint density at radius 2 is 2.00 bits per heavy atom. The van der Waals surface area contributed by atoms with Crippen LogP contribution in [0.5, 0.6) is 0 Å². The molecule has 1 heterocycles. The molecule has 0 saturated carbocycles. The van der Waals surface area contributed by atoms with Crippen molar-refractivity contribution >= 4 is 17.8 Å². The molecule has 0 aromatic carbocycles. The Kier molecular flexibility index (Phi) is 6.61. The maximum atomic E-state index is 11.8. The van der Waals surface area contributed by atoms with Crippen molar-refractivity contribution in [2.24, 2.45) is 17.6 Å². The topological polar surface area (TPSA) is 102 Å². The van der Waals surface area contributed by atoms with Crippen molar-refractivity contribution in [3.63, 3.8) is 0 Å². The van der Waals surface area contributed by atoms with E-state index in [0.717, 1.165) is 0 Å². The number of hydrogen-bond acceptors (Lipinski definition) is 5. The molecular weight excluding hydrogens is 274 g/mol. The van der Waals surface area contributed by atoms with E-state index in [1.54, 1.807) is 0 Å². The van der Waals surface area contributed by atoms with E-state index in [2.05, 4.69) is 10.1 Å². The van der Waals surface area contributed by atoms with Crippen molar-refractivity contribution in [2.75, 3.05) is 26.7 Å². The molecule has 1 rings (SSSR count). The Morgan fingerprint density at radius 1 is 1.33 bits per heavy atom. The van der Waals surface area contributed by atoms with Gasteiger partial charge >= 0.3 is 5.97 Å². The molecule has 1 fully saturated rings. The molecule has 120 valence electrons. The largest absolute Gasteiger partial charge is 0.469 e. The van der Waals surface area contributed by atoms with Crippen LogP contribution in [0.2, 0.25) is 0 Å². The average molecular weight is 299 g/mol. The second-order valence-corrected chi connectivity index (χ2v) is 5.90. The average Bonchev–Trinajstić information content (AvgIpc) is 2.37. The summed E-state index contributed by atoms with van der Waals surface area (Å²) in [7, 11) is 1.35. The van der Waals surface area contributed by atoms with Crippen molar-refractivity contribution in [2.45, 2.75) is 32.7 Å². The van der Waals surface area contributed by atoms with Gasteiger partial charge in [-0.15, -0.1) is 0 Å². The summed E-state index contributed by atoms with van der Waals surface area (Å²) in [6.45, 7) is 4.95. The summed E-state index contributed by atoms with van der Waals surface area (Å²) in [5.41, 5.74) is 5.23. The fourth-order valence-electron chi connectivity index (χ4n) is 2.59. The van der Waals surface area contributed by atoms with Crippen LogP contribution in [0.1, 0.15) is 26.7 Å². The Bertz CT molecular complexity index is 398. The first kappa shape index (κ1) is 17.4. The highest BCUT2D eigenvalue weighted by molar-refractivity contribution is 5.78. The van der Waals surface area contributed by atoms with Crippen molar-refractivity contribution in [1.82, 2.24) is 10.2 Å².